The van der Waals surface area contributed by atoms with Gasteiger partial charge in [-0.2, -0.15) is 4.99 Å². The summed E-state index contributed by atoms with van der Waals surface area (Å²) in [5.41, 5.74) is 1.92. The largest absolute Gasteiger partial charge is 0.494 e. The molecule has 0 saturated carbocycles. The first-order valence-electron chi connectivity index (χ1n) is 5.23. The van der Waals surface area contributed by atoms with E-state index in [9.17, 15) is 4.79 Å². The fourth-order valence-electron chi connectivity index (χ4n) is 1.57. The Kier molecular flexibility index (Phi) is 3.70. The highest BCUT2D eigenvalue weighted by Crippen LogP contribution is 2.36. The molecule has 1 aromatic heterocycles. The van der Waals surface area contributed by atoms with Crippen molar-refractivity contribution in [2.24, 2.45) is 4.99 Å². The molecule has 4 heteroatoms. The Bertz CT molecular complexity index is 556. The lowest BCUT2D eigenvalue weighted by molar-refractivity contribution is 0.340. The summed E-state index contributed by atoms with van der Waals surface area (Å²) in [5, 5.41) is 2.58. The Labute approximate surface area is 103 Å². The summed E-state index contributed by atoms with van der Waals surface area (Å²) in [6.45, 7) is 2.58. The SMILES string of the molecule is CCOc1cccc(-c2ccsc2N=C=O)c1. The molecule has 2 aromatic rings. The summed E-state index contributed by atoms with van der Waals surface area (Å²) in [6, 6.07) is 9.67. The van der Waals surface area contributed by atoms with Gasteiger partial charge >= 0.3 is 0 Å². The molecule has 0 unspecified atom stereocenters. The van der Waals surface area contributed by atoms with Crippen LogP contribution in [0.1, 0.15) is 6.92 Å². The molecule has 0 bridgehead atoms. The number of rotatable bonds is 4. The first kappa shape index (κ1) is 11.6. The smallest absolute Gasteiger partial charge is 0.241 e. The van der Waals surface area contributed by atoms with Gasteiger partial charge in [-0.1, -0.05) is 12.1 Å². The average molecular weight is 245 g/mol. The van der Waals surface area contributed by atoms with Crippen molar-refractivity contribution in [2.45, 2.75) is 6.92 Å². The summed E-state index contributed by atoms with van der Waals surface area (Å²) in [4.78, 5) is 14.0. The molecular formula is C13H11NO2S. The molecule has 0 spiro atoms. The fourth-order valence-corrected chi connectivity index (χ4v) is 2.30. The molecule has 1 aromatic carbocycles. The predicted octanol–water partition coefficient (Wildman–Crippen LogP) is 3.78. The van der Waals surface area contributed by atoms with E-state index in [2.05, 4.69) is 4.99 Å². The molecule has 17 heavy (non-hydrogen) atoms. The van der Waals surface area contributed by atoms with Crippen molar-refractivity contribution in [3.05, 3.63) is 35.7 Å². The van der Waals surface area contributed by atoms with Crippen LogP contribution in [0.5, 0.6) is 5.75 Å². The monoisotopic (exact) mass is 245 g/mol. The van der Waals surface area contributed by atoms with Crippen molar-refractivity contribution in [3.63, 3.8) is 0 Å². The van der Waals surface area contributed by atoms with Crippen LogP contribution in [-0.2, 0) is 4.79 Å². The molecule has 0 aliphatic carbocycles. The first-order valence-corrected chi connectivity index (χ1v) is 6.11. The summed E-state index contributed by atoms with van der Waals surface area (Å²) >= 11 is 1.42. The van der Waals surface area contributed by atoms with Crippen LogP contribution < -0.4 is 4.74 Å². The molecule has 0 amide bonds. The number of nitrogens with zero attached hydrogens (tertiary/aromatic N) is 1. The van der Waals surface area contributed by atoms with E-state index in [1.54, 1.807) is 6.08 Å². The molecule has 0 aliphatic heterocycles. The van der Waals surface area contributed by atoms with E-state index in [4.69, 9.17) is 4.74 Å². The van der Waals surface area contributed by atoms with Gasteiger partial charge in [0.05, 0.1) is 6.61 Å². The van der Waals surface area contributed by atoms with E-state index >= 15 is 0 Å². The Hall–Kier alpha value is -1.90. The molecular weight excluding hydrogens is 234 g/mol. The quantitative estimate of drug-likeness (QED) is 0.607. The lowest BCUT2D eigenvalue weighted by Crippen LogP contribution is -1.90. The van der Waals surface area contributed by atoms with Crippen LogP contribution in [0.3, 0.4) is 0 Å². The second-order valence-corrected chi connectivity index (χ2v) is 4.20. The van der Waals surface area contributed by atoms with Crippen LogP contribution >= 0.6 is 11.3 Å². The molecule has 0 atom stereocenters. The molecule has 0 radical (unpaired) electrons. The highest BCUT2D eigenvalue weighted by atomic mass is 32.1. The van der Waals surface area contributed by atoms with Crippen LogP contribution in [0.25, 0.3) is 11.1 Å². The van der Waals surface area contributed by atoms with E-state index in [1.165, 1.54) is 11.3 Å². The third kappa shape index (κ3) is 2.61. The number of aliphatic imine (C=N–C) groups is 1. The third-order valence-electron chi connectivity index (χ3n) is 2.25. The fraction of sp³-hybridized carbons (Fsp3) is 0.154. The van der Waals surface area contributed by atoms with E-state index in [-0.39, 0.29) is 0 Å². The third-order valence-corrected chi connectivity index (χ3v) is 3.05. The Morgan fingerprint density at radius 1 is 1.41 bits per heavy atom. The van der Waals surface area contributed by atoms with Crippen LogP contribution in [0.15, 0.2) is 40.7 Å². The maximum Gasteiger partial charge on any atom is 0.241 e. The number of thiophene rings is 1. The zero-order valence-corrected chi connectivity index (χ0v) is 10.2. The molecule has 3 nitrogen and oxygen atoms in total. The number of isocyanates is 1. The molecule has 1 heterocycles. The number of benzene rings is 1. The molecule has 0 N–H and O–H groups in total. The van der Waals surface area contributed by atoms with Gasteiger partial charge in [0, 0.05) is 5.56 Å². The second kappa shape index (κ2) is 5.43. The number of hydrogen-bond donors (Lipinski definition) is 0. The standard InChI is InChI=1S/C13H11NO2S/c1-2-16-11-5-3-4-10(8-11)12-6-7-17-13(12)14-9-15/h3-8H,2H2,1H3. The van der Waals surface area contributed by atoms with Crippen molar-refractivity contribution < 1.29 is 9.53 Å². The van der Waals surface area contributed by atoms with Gasteiger partial charge in [0.25, 0.3) is 0 Å². The molecule has 2 rings (SSSR count). The van der Waals surface area contributed by atoms with Gasteiger partial charge in [-0.25, -0.2) is 4.79 Å². The first-order chi connectivity index (χ1) is 8.35. The van der Waals surface area contributed by atoms with Gasteiger partial charge in [0.1, 0.15) is 10.8 Å². The van der Waals surface area contributed by atoms with Crippen molar-refractivity contribution in [2.75, 3.05) is 6.61 Å². The topological polar surface area (TPSA) is 38.7 Å². The van der Waals surface area contributed by atoms with Crippen molar-refractivity contribution in [1.82, 2.24) is 0 Å². The lowest BCUT2D eigenvalue weighted by Gasteiger charge is -2.05. The zero-order valence-electron chi connectivity index (χ0n) is 9.34. The maximum absolute atomic E-state index is 10.3. The van der Waals surface area contributed by atoms with Gasteiger partial charge in [-0.05, 0) is 36.1 Å². The highest BCUT2D eigenvalue weighted by molar-refractivity contribution is 7.14. The summed E-state index contributed by atoms with van der Waals surface area (Å²) in [5.74, 6) is 0.817. The van der Waals surface area contributed by atoms with E-state index in [0.29, 0.717) is 11.6 Å². The van der Waals surface area contributed by atoms with Gasteiger partial charge in [-0.3, -0.25) is 0 Å². The van der Waals surface area contributed by atoms with Crippen molar-refractivity contribution in [3.8, 4) is 16.9 Å². The number of carbonyl (C=O) groups excluding carboxylic acids is 1. The average Bonchev–Trinajstić information content (AvgIpc) is 2.79. The summed E-state index contributed by atoms with van der Waals surface area (Å²) in [7, 11) is 0. The van der Waals surface area contributed by atoms with Crippen molar-refractivity contribution >= 4 is 22.4 Å². The highest BCUT2D eigenvalue weighted by Gasteiger charge is 2.06. The van der Waals surface area contributed by atoms with Gasteiger partial charge in [-0.15, -0.1) is 11.3 Å². The Balaban J connectivity index is 2.41. The van der Waals surface area contributed by atoms with E-state index in [1.807, 2.05) is 42.6 Å². The normalized spacial score (nSPS) is 9.71. The van der Waals surface area contributed by atoms with Gasteiger partial charge in [0.15, 0.2) is 0 Å². The molecule has 0 fully saturated rings. The zero-order chi connectivity index (χ0) is 12.1. The molecule has 0 saturated heterocycles. The van der Waals surface area contributed by atoms with Crippen LogP contribution in [0.4, 0.5) is 5.00 Å². The summed E-state index contributed by atoms with van der Waals surface area (Å²) < 4.78 is 5.44. The Morgan fingerprint density at radius 2 is 2.29 bits per heavy atom. The van der Waals surface area contributed by atoms with Crippen molar-refractivity contribution in [1.29, 1.82) is 0 Å². The number of hydrogen-bond acceptors (Lipinski definition) is 4. The van der Waals surface area contributed by atoms with Crippen LogP contribution in [-0.4, -0.2) is 12.7 Å². The summed E-state index contributed by atoms with van der Waals surface area (Å²) in [6.07, 6.45) is 1.57. The number of ether oxygens (including phenoxy) is 1. The van der Waals surface area contributed by atoms with Crippen LogP contribution in [0, 0.1) is 0 Å². The van der Waals surface area contributed by atoms with E-state index in [0.717, 1.165) is 16.9 Å². The maximum atomic E-state index is 10.3. The minimum Gasteiger partial charge on any atom is -0.494 e. The van der Waals surface area contributed by atoms with Gasteiger partial charge < -0.3 is 4.74 Å². The van der Waals surface area contributed by atoms with E-state index < -0.39 is 0 Å². The molecule has 0 aliphatic rings. The van der Waals surface area contributed by atoms with Crippen LogP contribution in [0.2, 0.25) is 0 Å². The second-order valence-electron chi connectivity index (χ2n) is 3.30. The minimum atomic E-state index is 0.631. The minimum absolute atomic E-state index is 0.631. The Morgan fingerprint density at radius 3 is 3.06 bits per heavy atom. The molecule has 86 valence electrons. The predicted molar refractivity (Wildman–Crippen MR) is 68.7 cm³/mol. The lowest BCUT2D eigenvalue weighted by atomic mass is 10.1. The van der Waals surface area contributed by atoms with Gasteiger partial charge in [0.2, 0.25) is 6.08 Å².